The summed E-state index contributed by atoms with van der Waals surface area (Å²) < 4.78 is 0. The second kappa shape index (κ2) is 7.11. The van der Waals surface area contributed by atoms with Crippen molar-refractivity contribution >= 4 is 5.95 Å². The fraction of sp³-hybridized carbons (Fsp3) is 0.500. The Kier molecular flexibility index (Phi) is 4.68. The number of anilines is 1. The lowest BCUT2D eigenvalue weighted by atomic mass is 10.0. The number of piperidine rings is 1. The van der Waals surface area contributed by atoms with E-state index in [1.54, 1.807) is 12.1 Å². The number of phenolic OH excluding ortho intramolecular Hbond substituents is 1. The van der Waals surface area contributed by atoms with Gasteiger partial charge in [0.15, 0.2) is 0 Å². The van der Waals surface area contributed by atoms with Gasteiger partial charge in [-0.15, -0.1) is 0 Å². The van der Waals surface area contributed by atoms with Crippen molar-refractivity contribution in [1.82, 2.24) is 14.9 Å². The molecular weight excluding hydrogens is 328 g/mol. The van der Waals surface area contributed by atoms with E-state index in [0.717, 1.165) is 61.7 Å². The molecule has 2 aliphatic rings. The molecule has 0 bridgehead atoms. The molecule has 2 aliphatic heterocycles. The van der Waals surface area contributed by atoms with Gasteiger partial charge in [-0.3, -0.25) is 14.7 Å². The molecule has 1 aromatic carbocycles. The first-order chi connectivity index (χ1) is 12.6. The average Bonchev–Trinajstić information content (AvgIpc) is 2.64. The number of phenols is 1. The highest BCUT2D eigenvalue weighted by molar-refractivity contribution is 5.36. The van der Waals surface area contributed by atoms with Crippen LogP contribution in [0.15, 0.2) is 29.1 Å². The van der Waals surface area contributed by atoms with Crippen LogP contribution in [0.5, 0.6) is 5.75 Å². The van der Waals surface area contributed by atoms with Gasteiger partial charge >= 0.3 is 0 Å². The summed E-state index contributed by atoms with van der Waals surface area (Å²) in [5.41, 5.74) is 2.92. The third kappa shape index (κ3) is 3.46. The van der Waals surface area contributed by atoms with Gasteiger partial charge in [-0.25, -0.2) is 4.98 Å². The van der Waals surface area contributed by atoms with Crippen molar-refractivity contribution in [3.05, 3.63) is 51.4 Å². The number of hydrogen-bond donors (Lipinski definition) is 2. The van der Waals surface area contributed by atoms with Gasteiger partial charge in [-0.1, -0.05) is 12.1 Å². The average molecular weight is 354 g/mol. The molecular formula is C20H26N4O2. The summed E-state index contributed by atoms with van der Waals surface area (Å²) in [6.45, 7) is 5.49. The van der Waals surface area contributed by atoms with Crippen molar-refractivity contribution in [2.75, 3.05) is 18.0 Å². The largest absolute Gasteiger partial charge is 0.508 e. The predicted octanol–water partition coefficient (Wildman–Crippen LogP) is 2.41. The van der Waals surface area contributed by atoms with Gasteiger partial charge in [-0.2, -0.15) is 0 Å². The molecule has 1 saturated heterocycles. The van der Waals surface area contributed by atoms with Crippen LogP contribution in [0.2, 0.25) is 0 Å². The lowest BCUT2D eigenvalue weighted by molar-refractivity contribution is 0.240. The van der Waals surface area contributed by atoms with Crippen LogP contribution in [0.1, 0.15) is 43.0 Å². The first-order valence-electron chi connectivity index (χ1n) is 9.49. The Balaban J connectivity index is 1.55. The topological polar surface area (TPSA) is 72.5 Å². The van der Waals surface area contributed by atoms with Crippen LogP contribution >= 0.6 is 0 Å². The minimum absolute atomic E-state index is 0.0204. The summed E-state index contributed by atoms with van der Waals surface area (Å²) in [4.78, 5) is 25.0. The maximum absolute atomic E-state index is 12.6. The van der Waals surface area contributed by atoms with Gasteiger partial charge in [0.2, 0.25) is 5.95 Å². The zero-order valence-corrected chi connectivity index (χ0v) is 15.2. The molecule has 4 rings (SSSR count). The summed E-state index contributed by atoms with van der Waals surface area (Å²) >= 11 is 0. The number of aromatic hydroxyl groups is 1. The van der Waals surface area contributed by atoms with Crippen molar-refractivity contribution in [3.63, 3.8) is 0 Å². The van der Waals surface area contributed by atoms with E-state index >= 15 is 0 Å². The second-order valence-electron chi connectivity index (χ2n) is 7.48. The number of aromatic amines is 1. The monoisotopic (exact) mass is 354 g/mol. The van der Waals surface area contributed by atoms with Crippen molar-refractivity contribution in [2.45, 2.75) is 51.7 Å². The molecule has 1 aromatic heterocycles. The number of H-pyrrole nitrogens is 1. The van der Waals surface area contributed by atoms with E-state index in [2.05, 4.69) is 21.7 Å². The second-order valence-corrected chi connectivity index (χ2v) is 7.48. The van der Waals surface area contributed by atoms with Gasteiger partial charge in [0.25, 0.3) is 5.56 Å². The fourth-order valence-corrected chi connectivity index (χ4v) is 4.02. The maximum Gasteiger partial charge on any atom is 0.255 e. The van der Waals surface area contributed by atoms with Crippen molar-refractivity contribution in [2.24, 2.45) is 0 Å². The molecule has 26 heavy (non-hydrogen) atoms. The van der Waals surface area contributed by atoms with Crippen LogP contribution in [-0.4, -0.2) is 39.1 Å². The van der Waals surface area contributed by atoms with Crippen LogP contribution < -0.4 is 10.5 Å². The number of rotatable bonds is 3. The van der Waals surface area contributed by atoms with Gasteiger partial charge < -0.3 is 10.0 Å². The maximum atomic E-state index is 12.6. The molecule has 0 aliphatic carbocycles. The zero-order chi connectivity index (χ0) is 18.1. The van der Waals surface area contributed by atoms with Crippen LogP contribution in [0.3, 0.4) is 0 Å². The lowest BCUT2D eigenvalue weighted by Crippen LogP contribution is -2.41. The molecule has 6 nitrogen and oxygen atoms in total. The third-order valence-electron chi connectivity index (χ3n) is 5.56. The highest BCUT2D eigenvalue weighted by Gasteiger charge is 2.25. The summed E-state index contributed by atoms with van der Waals surface area (Å²) in [6, 6.07) is 7.73. The zero-order valence-electron chi connectivity index (χ0n) is 15.2. The Morgan fingerprint density at radius 1 is 1.23 bits per heavy atom. The van der Waals surface area contributed by atoms with Crippen LogP contribution in [0.4, 0.5) is 5.95 Å². The lowest BCUT2D eigenvalue weighted by Gasteiger charge is -2.35. The smallest absolute Gasteiger partial charge is 0.255 e. The van der Waals surface area contributed by atoms with Crippen LogP contribution in [0.25, 0.3) is 0 Å². The molecule has 1 unspecified atom stereocenters. The number of nitrogens with one attached hydrogen (secondary N) is 1. The van der Waals surface area contributed by atoms with E-state index in [9.17, 15) is 9.90 Å². The standard InChI is InChI=1S/C20H26N4O2/c1-14-4-2-3-10-24(14)20-21-18-13-23(11-9-17(18)19(26)22-20)12-15-5-7-16(25)8-6-15/h5-8,14,25H,2-4,9-13H2,1H3,(H,21,22,26). The molecule has 1 fully saturated rings. The summed E-state index contributed by atoms with van der Waals surface area (Å²) in [6.07, 6.45) is 4.27. The van der Waals surface area contributed by atoms with E-state index in [0.29, 0.717) is 12.6 Å². The summed E-state index contributed by atoms with van der Waals surface area (Å²) in [5, 5.41) is 9.43. The molecule has 3 heterocycles. The normalized spacial score (nSPS) is 20.8. The Morgan fingerprint density at radius 2 is 2.04 bits per heavy atom. The van der Waals surface area contributed by atoms with E-state index in [1.165, 1.54) is 6.42 Å². The van der Waals surface area contributed by atoms with Crippen molar-refractivity contribution < 1.29 is 5.11 Å². The minimum Gasteiger partial charge on any atom is -0.508 e. The van der Waals surface area contributed by atoms with Gasteiger partial charge in [0.05, 0.1) is 5.69 Å². The highest BCUT2D eigenvalue weighted by Crippen LogP contribution is 2.23. The fourth-order valence-electron chi connectivity index (χ4n) is 4.02. The first-order valence-corrected chi connectivity index (χ1v) is 9.49. The Labute approximate surface area is 153 Å². The Morgan fingerprint density at radius 3 is 2.81 bits per heavy atom. The van der Waals surface area contributed by atoms with Crippen LogP contribution in [0, 0.1) is 0 Å². The number of hydrogen-bond acceptors (Lipinski definition) is 5. The highest BCUT2D eigenvalue weighted by atomic mass is 16.3. The summed E-state index contributed by atoms with van der Waals surface area (Å²) in [5.74, 6) is 1.01. The number of benzene rings is 1. The molecule has 2 N–H and O–H groups in total. The quantitative estimate of drug-likeness (QED) is 0.886. The van der Waals surface area contributed by atoms with E-state index in [1.807, 2.05) is 12.1 Å². The van der Waals surface area contributed by atoms with Crippen molar-refractivity contribution in [3.8, 4) is 5.75 Å². The Bertz CT molecular complexity index is 831. The van der Waals surface area contributed by atoms with Crippen LogP contribution in [-0.2, 0) is 19.5 Å². The third-order valence-corrected chi connectivity index (χ3v) is 5.56. The number of aromatic nitrogens is 2. The van der Waals surface area contributed by atoms with E-state index < -0.39 is 0 Å². The summed E-state index contributed by atoms with van der Waals surface area (Å²) in [7, 11) is 0. The van der Waals surface area contributed by atoms with Gasteiger partial charge in [-0.05, 0) is 50.3 Å². The Hall–Kier alpha value is -2.34. The van der Waals surface area contributed by atoms with Crippen molar-refractivity contribution in [1.29, 1.82) is 0 Å². The molecule has 0 amide bonds. The minimum atomic E-state index is 0.0204. The van der Waals surface area contributed by atoms with Gasteiger partial charge in [0.1, 0.15) is 5.75 Å². The molecule has 0 saturated carbocycles. The SMILES string of the molecule is CC1CCCCN1c1nc2c(c(=O)[nH]1)CCN(Cc1ccc(O)cc1)C2. The number of nitrogens with zero attached hydrogens (tertiary/aromatic N) is 3. The predicted molar refractivity (Wildman–Crippen MR) is 101 cm³/mol. The number of fused-ring (bicyclic) bond motifs is 1. The molecule has 0 radical (unpaired) electrons. The molecule has 1 atom stereocenters. The molecule has 0 spiro atoms. The van der Waals surface area contributed by atoms with E-state index in [4.69, 9.17) is 4.98 Å². The molecule has 138 valence electrons. The van der Waals surface area contributed by atoms with E-state index in [-0.39, 0.29) is 11.3 Å². The molecule has 6 heteroatoms. The molecule has 2 aromatic rings. The van der Waals surface area contributed by atoms with Gasteiger partial charge in [0, 0.05) is 37.8 Å². The first kappa shape index (κ1) is 17.1.